The number of urea groups is 1. The van der Waals surface area contributed by atoms with E-state index in [-0.39, 0.29) is 6.03 Å². The first kappa shape index (κ1) is 18.3. The van der Waals surface area contributed by atoms with Gasteiger partial charge < -0.3 is 10.2 Å². The molecule has 1 heterocycles. The number of amides is 2. The van der Waals surface area contributed by atoms with Crippen molar-refractivity contribution >= 4 is 17.4 Å². The molecule has 130 valence electrons. The summed E-state index contributed by atoms with van der Waals surface area (Å²) in [6, 6.07) is 8.76. The van der Waals surface area contributed by atoms with E-state index in [0.717, 1.165) is 22.6 Å². The van der Waals surface area contributed by atoms with E-state index in [9.17, 15) is 18.0 Å². The van der Waals surface area contributed by atoms with Gasteiger partial charge in [-0.3, -0.25) is 0 Å². The van der Waals surface area contributed by atoms with Gasteiger partial charge in [0.2, 0.25) is 0 Å². The van der Waals surface area contributed by atoms with Crippen LogP contribution in [0.1, 0.15) is 22.9 Å². The molecule has 3 nitrogen and oxygen atoms in total. The lowest BCUT2D eigenvalue weighted by Crippen LogP contribution is -2.40. The van der Waals surface area contributed by atoms with Gasteiger partial charge in [0.15, 0.2) is 0 Å². The van der Waals surface area contributed by atoms with Crippen LogP contribution in [0.15, 0.2) is 41.8 Å². The summed E-state index contributed by atoms with van der Waals surface area (Å²) in [6.07, 6.45) is -3.84. The van der Waals surface area contributed by atoms with Gasteiger partial charge in [0.1, 0.15) is 0 Å². The Kier molecular flexibility index (Phi) is 6.25. The maximum absolute atomic E-state index is 12.5. The quantitative estimate of drug-likeness (QED) is 0.810. The zero-order valence-corrected chi connectivity index (χ0v) is 14.1. The fourth-order valence-electron chi connectivity index (χ4n) is 2.20. The predicted molar refractivity (Wildman–Crippen MR) is 88.9 cm³/mol. The van der Waals surface area contributed by atoms with Crippen molar-refractivity contribution in [1.82, 2.24) is 10.2 Å². The van der Waals surface area contributed by atoms with Gasteiger partial charge in [-0.05, 0) is 42.5 Å². The monoisotopic (exact) mass is 356 g/mol. The molecule has 2 amide bonds. The third kappa shape index (κ3) is 5.26. The number of rotatable bonds is 6. The van der Waals surface area contributed by atoms with Crippen molar-refractivity contribution in [1.29, 1.82) is 0 Å². The summed E-state index contributed by atoms with van der Waals surface area (Å²) in [4.78, 5) is 14.9. The molecule has 7 heteroatoms. The van der Waals surface area contributed by atoms with Gasteiger partial charge in [-0.15, -0.1) is 11.3 Å². The van der Waals surface area contributed by atoms with E-state index in [0.29, 0.717) is 26.1 Å². The molecule has 0 radical (unpaired) electrons. The van der Waals surface area contributed by atoms with Crippen LogP contribution in [0.25, 0.3) is 0 Å². The SMILES string of the molecule is CCN(Cc1cccs1)C(=O)NCCc1ccc(C(F)(F)F)cc1. The lowest BCUT2D eigenvalue weighted by Gasteiger charge is -2.20. The average Bonchev–Trinajstić information content (AvgIpc) is 3.05. The second kappa shape index (κ2) is 8.19. The molecule has 0 spiro atoms. The Morgan fingerprint density at radius 3 is 2.46 bits per heavy atom. The highest BCUT2D eigenvalue weighted by atomic mass is 32.1. The summed E-state index contributed by atoms with van der Waals surface area (Å²) in [5.41, 5.74) is 0.0907. The number of halogens is 3. The number of hydrogen-bond acceptors (Lipinski definition) is 2. The maximum Gasteiger partial charge on any atom is 0.416 e. The van der Waals surface area contributed by atoms with E-state index in [2.05, 4.69) is 5.32 Å². The lowest BCUT2D eigenvalue weighted by atomic mass is 10.1. The van der Waals surface area contributed by atoms with Crippen LogP contribution in [0.5, 0.6) is 0 Å². The molecule has 0 saturated carbocycles. The average molecular weight is 356 g/mol. The molecule has 1 aromatic carbocycles. The minimum absolute atomic E-state index is 0.169. The minimum Gasteiger partial charge on any atom is -0.338 e. The normalized spacial score (nSPS) is 11.3. The smallest absolute Gasteiger partial charge is 0.338 e. The van der Waals surface area contributed by atoms with Gasteiger partial charge in [-0.25, -0.2) is 4.79 Å². The predicted octanol–water partition coefficient (Wildman–Crippen LogP) is 4.54. The maximum atomic E-state index is 12.5. The first-order valence-corrected chi connectivity index (χ1v) is 8.49. The third-order valence-electron chi connectivity index (χ3n) is 3.57. The molecule has 0 aliphatic rings. The highest BCUT2D eigenvalue weighted by molar-refractivity contribution is 7.09. The molecular formula is C17H19F3N2OS. The Morgan fingerprint density at radius 2 is 1.92 bits per heavy atom. The Balaban J connectivity index is 1.81. The molecule has 1 aromatic heterocycles. The van der Waals surface area contributed by atoms with Crippen LogP contribution < -0.4 is 5.32 Å². The zero-order chi connectivity index (χ0) is 17.6. The van der Waals surface area contributed by atoms with Crippen LogP contribution in [0.2, 0.25) is 0 Å². The number of thiophene rings is 1. The number of hydrogen-bond donors (Lipinski definition) is 1. The Morgan fingerprint density at radius 1 is 1.21 bits per heavy atom. The largest absolute Gasteiger partial charge is 0.416 e. The van der Waals surface area contributed by atoms with Gasteiger partial charge in [0, 0.05) is 18.0 Å². The third-order valence-corrected chi connectivity index (χ3v) is 4.43. The molecule has 24 heavy (non-hydrogen) atoms. The Labute approximate surface area is 143 Å². The van der Waals surface area contributed by atoms with Crippen molar-refractivity contribution in [3.05, 3.63) is 57.8 Å². The number of alkyl halides is 3. The summed E-state index contributed by atoms with van der Waals surface area (Å²) in [6.45, 7) is 3.43. The van der Waals surface area contributed by atoms with Gasteiger partial charge in [-0.1, -0.05) is 18.2 Å². The van der Waals surface area contributed by atoms with Crippen LogP contribution in [0, 0.1) is 0 Å². The van der Waals surface area contributed by atoms with Crippen LogP contribution in [0.4, 0.5) is 18.0 Å². The van der Waals surface area contributed by atoms with Gasteiger partial charge in [-0.2, -0.15) is 13.2 Å². The summed E-state index contributed by atoms with van der Waals surface area (Å²) in [5, 5.41) is 4.77. The highest BCUT2D eigenvalue weighted by Crippen LogP contribution is 2.29. The fraction of sp³-hybridized carbons (Fsp3) is 0.353. The lowest BCUT2D eigenvalue weighted by molar-refractivity contribution is -0.137. The van der Waals surface area contributed by atoms with Crippen molar-refractivity contribution in [3.63, 3.8) is 0 Å². The minimum atomic E-state index is -4.32. The Bertz CT molecular complexity index is 639. The van der Waals surface area contributed by atoms with Crippen molar-refractivity contribution in [2.75, 3.05) is 13.1 Å². The summed E-state index contributed by atoms with van der Waals surface area (Å²) >= 11 is 1.59. The standard InChI is InChI=1S/C17H19F3N2OS/c1-2-22(12-15-4-3-11-24-15)16(23)21-10-9-13-5-7-14(8-6-13)17(18,19)20/h3-8,11H,2,9-10,12H2,1H3,(H,21,23). The fourth-order valence-corrected chi connectivity index (χ4v) is 2.92. The van der Waals surface area contributed by atoms with E-state index in [4.69, 9.17) is 0 Å². The van der Waals surface area contributed by atoms with E-state index in [1.807, 2.05) is 24.4 Å². The second-order valence-electron chi connectivity index (χ2n) is 5.27. The molecular weight excluding hydrogens is 337 g/mol. The number of nitrogens with one attached hydrogen (secondary N) is 1. The second-order valence-corrected chi connectivity index (χ2v) is 6.30. The van der Waals surface area contributed by atoms with Crippen LogP contribution in [-0.2, 0) is 19.1 Å². The zero-order valence-electron chi connectivity index (χ0n) is 13.3. The number of carbonyl (C=O) groups is 1. The van der Waals surface area contributed by atoms with E-state index >= 15 is 0 Å². The molecule has 0 atom stereocenters. The Hall–Kier alpha value is -2.02. The summed E-state index contributed by atoms with van der Waals surface area (Å²) in [5.74, 6) is 0. The molecule has 0 bridgehead atoms. The molecule has 1 N–H and O–H groups in total. The molecule has 2 aromatic rings. The van der Waals surface area contributed by atoms with Crippen molar-refractivity contribution < 1.29 is 18.0 Å². The summed E-state index contributed by atoms with van der Waals surface area (Å²) in [7, 11) is 0. The van der Waals surface area contributed by atoms with Crippen LogP contribution in [-0.4, -0.2) is 24.0 Å². The summed E-state index contributed by atoms with van der Waals surface area (Å²) < 4.78 is 37.5. The number of nitrogens with zero attached hydrogens (tertiary/aromatic N) is 1. The van der Waals surface area contributed by atoms with Crippen molar-refractivity contribution in [2.45, 2.75) is 26.1 Å². The molecule has 0 aliphatic carbocycles. The molecule has 0 unspecified atom stereocenters. The van der Waals surface area contributed by atoms with Crippen LogP contribution in [0.3, 0.4) is 0 Å². The van der Waals surface area contributed by atoms with Gasteiger partial charge in [0.25, 0.3) is 0 Å². The first-order valence-electron chi connectivity index (χ1n) is 7.61. The van der Waals surface area contributed by atoms with E-state index in [1.165, 1.54) is 12.1 Å². The van der Waals surface area contributed by atoms with Gasteiger partial charge in [0.05, 0.1) is 12.1 Å². The molecule has 0 fully saturated rings. The topological polar surface area (TPSA) is 32.3 Å². The number of carbonyl (C=O) groups excluding carboxylic acids is 1. The van der Waals surface area contributed by atoms with Gasteiger partial charge >= 0.3 is 12.2 Å². The molecule has 0 aliphatic heterocycles. The van der Waals surface area contributed by atoms with E-state index < -0.39 is 11.7 Å². The molecule has 2 rings (SSSR count). The highest BCUT2D eigenvalue weighted by Gasteiger charge is 2.29. The van der Waals surface area contributed by atoms with Crippen molar-refractivity contribution in [3.8, 4) is 0 Å². The number of benzene rings is 1. The van der Waals surface area contributed by atoms with Crippen molar-refractivity contribution in [2.24, 2.45) is 0 Å². The first-order chi connectivity index (χ1) is 11.4. The van der Waals surface area contributed by atoms with E-state index in [1.54, 1.807) is 16.2 Å². The van der Waals surface area contributed by atoms with Crippen LogP contribution >= 0.6 is 11.3 Å². The molecule has 0 saturated heterocycles.